The molecule has 0 radical (unpaired) electrons. The first-order valence-corrected chi connectivity index (χ1v) is 20.6. The maximum Gasteiger partial charge on any atom is 0.316 e. The smallest absolute Gasteiger partial charge is 0.316 e. The van der Waals surface area contributed by atoms with Crippen LogP contribution in [0.2, 0.25) is 0 Å². The molecule has 2 aliphatic carbocycles. The number of ether oxygens (including phenoxy) is 4. The molecule has 1 spiro atoms. The number of allylic oxidation sites excluding steroid dienone is 2. The highest BCUT2D eigenvalue weighted by Crippen LogP contribution is 2.73. The minimum Gasteiger partial charge on any atom is -0.496 e. The number of aliphatic hydroxyl groups is 1. The lowest BCUT2D eigenvalue weighted by Crippen LogP contribution is -2.72. The molecule has 10 aliphatic rings. The summed E-state index contributed by atoms with van der Waals surface area (Å²) in [5.41, 5.74) is 6.59. The van der Waals surface area contributed by atoms with Crippen LogP contribution in [0.3, 0.4) is 0 Å². The SMILES string of the molecule is C/C=C1/CN2CC[C@@]34c5cc(OC)c(-c6cc7c(cc6OC)N(C)[C@@H]6[C@@H]8C[C@H]9/C(=C\C)CN8[C@H]8C[C@@]76[C@H](O)[C@]89C(=O)OC)cc5N(C)[C@H]3[C@@H]2C[C@@H]1[C@H]4C(=O)OC. The molecule has 11 nitrogen and oxygen atoms in total. The molecular formula is C45H54N4O7. The fraction of sp³-hybridized carbons (Fsp3) is 0.600. The van der Waals surface area contributed by atoms with Gasteiger partial charge in [0.15, 0.2) is 0 Å². The third-order valence-electron chi connectivity index (χ3n) is 17.4. The normalized spacial score (nSPS) is 42.9. The molecule has 8 bridgehead atoms. The summed E-state index contributed by atoms with van der Waals surface area (Å²) in [6.07, 6.45) is 6.75. The summed E-state index contributed by atoms with van der Waals surface area (Å²) >= 11 is 0. The zero-order valence-electron chi connectivity index (χ0n) is 33.8. The Bertz CT molecular complexity index is 2190. The summed E-state index contributed by atoms with van der Waals surface area (Å²) in [5, 5.41) is 13.0. The Kier molecular flexibility index (Phi) is 7.10. The molecular weight excluding hydrogens is 709 g/mol. The lowest BCUT2D eigenvalue weighted by atomic mass is 9.50. The van der Waals surface area contributed by atoms with E-state index in [-0.39, 0.29) is 53.9 Å². The molecule has 0 aromatic heterocycles. The van der Waals surface area contributed by atoms with E-state index in [9.17, 15) is 14.7 Å². The van der Waals surface area contributed by atoms with Gasteiger partial charge >= 0.3 is 11.9 Å². The van der Waals surface area contributed by atoms with Gasteiger partial charge in [-0.2, -0.15) is 0 Å². The average Bonchev–Trinajstić information content (AvgIpc) is 3.72. The number of piperidine rings is 6. The molecule has 11 heteroatoms. The number of rotatable bonds is 5. The molecule has 2 saturated carbocycles. The Morgan fingerprint density at radius 1 is 0.804 bits per heavy atom. The van der Waals surface area contributed by atoms with Crippen molar-refractivity contribution < 1.29 is 33.6 Å². The highest BCUT2D eigenvalue weighted by molar-refractivity contribution is 5.89. The molecule has 2 aromatic carbocycles. The molecule has 8 fully saturated rings. The fourth-order valence-corrected chi connectivity index (χ4v) is 15.5. The topological polar surface area (TPSA) is 104 Å². The number of aliphatic hydroxyl groups excluding tert-OH is 1. The van der Waals surface area contributed by atoms with Gasteiger partial charge in [0, 0.05) is 90.6 Å². The maximum absolute atomic E-state index is 14.2. The molecule has 56 heavy (non-hydrogen) atoms. The molecule has 2 aromatic rings. The van der Waals surface area contributed by atoms with Crippen LogP contribution in [-0.4, -0.2) is 125 Å². The number of hydrogen-bond acceptors (Lipinski definition) is 11. The second kappa shape index (κ2) is 11.3. The number of carbonyl (C=O) groups is 2. The first-order valence-electron chi connectivity index (χ1n) is 20.6. The van der Waals surface area contributed by atoms with E-state index >= 15 is 0 Å². The molecule has 8 heterocycles. The van der Waals surface area contributed by atoms with E-state index in [1.807, 2.05) is 0 Å². The number of likely N-dealkylation sites (N-methyl/N-ethyl adjacent to an activating group) is 2. The quantitative estimate of drug-likeness (QED) is 0.349. The van der Waals surface area contributed by atoms with Gasteiger partial charge in [-0.05, 0) is 81.3 Å². The van der Waals surface area contributed by atoms with E-state index < -0.39 is 22.3 Å². The first-order chi connectivity index (χ1) is 27.0. The van der Waals surface area contributed by atoms with Crippen LogP contribution >= 0.6 is 0 Å². The van der Waals surface area contributed by atoms with Crippen molar-refractivity contribution in [3.05, 3.63) is 58.7 Å². The number of benzene rings is 2. The van der Waals surface area contributed by atoms with Crippen LogP contribution in [-0.2, 0) is 29.9 Å². The zero-order valence-corrected chi connectivity index (χ0v) is 33.8. The highest BCUT2D eigenvalue weighted by atomic mass is 16.5. The summed E-state index contributed by atoms with van der Waals surface area (Å²) in [4.78, 5) is 38.2. The van der Waals surface area contributed by atoms with Gasteiger partial charge in [-0.3, -0.25) is 19.4 Å². The van der Waals surface area contributed by atoms with E-state index in [1.54, 1.807) is 14.2 Å². The third kappa shape index (κ3) is 3.57. The summed E-state index contributed by atoms with van der Waals surface area (Å²) in [7, 11) is 10.8. The van der Waals surface area contributed by atoms with Crippen molar-refractivity contribution in [2.24, 2.45) is 23.2 Å². The van der Waals surface area contributed by atoms with Crippen molar-refractivity contribution >= 4 is 23.3 Å². The number of fused-ring (bicyclic) bond motifs is 4. The predicted molar refractivity (Wildman–Crippen MR) is 211 cm³/mol. The Balaban J connectivity index is 1.10. The summed E-state index contributed by atoms with van der Waals surface area (Å²) in [6, 6.07) is 9.34. The Hall–Kier alpha value is -4.06. The number of nitrogens with zero attached hydrogens (tertiary/aromatic N) is 4. The number of carbonyl (C=O) groups excluding carboxylic acids is 2. The van der Waals surface area contributed by atoms with E-state index in [4.69, 9.17) is 18.9 Å². The minimum atomic E-state index is -1.04. The molecule has 6 saturated heterocycles. The molecule has 8 aliphatic heterocycles. The van der Waals surface area contributed by atoms with Crippen LogP contribution in [0.15, 0.2) is 47.6 Å². The van der Waals surface area contributed by atoms with E-state index in [2.05, 4.69) is 84.0 Å². The molecule has 1 N–H and O–H groups in total. The van der Waals surface area contributed by atoms with Crippen LogP contribution in [0.5, 0.6) is 11.5 Å². The second-order valence-corrected chi connectivity index (χ2v) is 18.3. The highest BCUT2D eigenvalue weighted by Gasteiger charge is 2.83. The summed E-state index contributed by atoms with van der Waals surface area (Å²) in [6.45, 7) is 6.81. The second-order valence-electron chi connectivity index (χ2n) is 18.3. The van der Waals surface area contributed by atoms with Crippen molar-refractivity contribution in [3.8, 4) is 22.6 Å². The van der Waals surface area contributed by atoms with Crippen LogP contribution < -0.4 is 19.3 Å². The van der Waals surface area contributed by atoms with E-state index in [1.165, 1.54) is 25.4 Å². The molecule has 12 rings (SSSR count). The zero-order chi connectivity index (χ0) is 39.0. The monoisotopic (exact) mass is 762 g/mol. The van der Waals surface area contributed by atoms with Crippen LogP contribution in [0.4, 0.5) is 11.4 Å². The third-order valence-corrected chi connectivity index (χ3v) is 17.4. The first kappa shape index (κ1) is 35.1. The maximum atomic E-state index is 14.2. The number of methoxy groups -OCH3 is 4. The summed E-state index contributed by atoms with van der Waals surface area (Å²) < 4.78 is 23.9. The van der Waals surface area contributed by atoms with Gasteiger partial charge in [-0.1, -0.05) is 23.3 Å². The van der Waals surface area contributed by atoms with Crippen molar-refractivity contribution in [2.75, 3.05) is 72.0 Å². The van der Waals surface area contributed by atoms with Gasteiger partial charge in [0.2, 0.25) is 0 Å². The summed E-state index contributed by atoms with van der Waals surface area (Å²) in [5.74, 6) is 0.805. The lowest BCUT2D eigenvalue weighted by Gasteiger charge is -2.63. The van der Waals surface area contributed by atoms with E-state index in [0.29, 0.717) is 12.5 Å². The number of hydrogen-bond donors (Lipinski definition) is 1. The van der Waals surface area contributed by atoms with Crippen molar-refractivity contribution in [2.45, 2.75) is 86.7 Å². The Morgan fingerprint density at radius 3 is 2.14 bits per heavy atom. The molecule has 296 valence electrons. The number of anilines is 2. The van der Waals surface area contributed by atoms with Gasteiger partial charge in [0.1, 0.15) is 16.9 Å². The van der Waals surface area contributed by atoms with Gasteiger partial charge in [-0.25, -0.2) is 0 Å². The van der Waals surface area contributed by atoms with Crippen molar-refractivity contribution in [3.63, 3.8) is 0 Å². The Labute approximate surface area is 329 Å². The van der Waals surface area contributed by atoms with Gasteiger partial charge in [0.25, 0.3) is 0 Å². The minimum absolute atomic E-state index is 0.0177. The van der Waals surface area contributed by atoms with Crippen molar-refractivity contribution in [1.82, 2.24) is 9.80 Å². The molecule has 1 unspecified atom stereocenters. The number of esters is 2. The standard InChI is InChI=1S/C45H54N4O7/c1-9-22-20-48-12-11-43-29-17-34(53-5)26(15-30(29)46(3)38(43)32(48)14-24(22)37(43)40(50)55-7)25-13-28-31(18-35(25)54-6)47(4)39-33-16-27-23(10-2)21-49(33)36-19-44(28,39)41(51)45(27,36)42(52)56-8/h9-10,13,15,17-18,24,27,32-33,36-39,41,51H,11-12,14,16,19-21H2,1-8H3/b22-9-,23-10-/t24-,27-,32-,33-,36-,37-,38-,39+,41-,43-,44+,45+/m0/s1. The fourth-order valence-electron chi connectivity index (χ4n) is 15.5. The van der Waals surface area contributed by atoms with E-state index in [0.717, 1.165) is 84.0 Å². The molecule has 13 atom stereocenters. The molecule has 0 amide bonds. The van der Waals surface area contributed by atoms with Crippen molar-refractivity contribution in [1.29, 1.82) is 0 Å². The Morgan fingerprint density at radius 2 is 1.46 bits per heavy atom. The van der Waals surface area contributed by atoms with Gasteiger partial charge in [-0.15, -0.1) is 0 Å². The van der Waals surface area contributed by atoms with Crippen LogP contribution in [0.25, 0.3) is 11.1 Å². The van der Waals surface area contributed by atoms with Crippen LogP contribution in [0.1, 0.15) is 50.7 Å². The van der Waals surface area contributed by atoms with Gasteiger partial charge < -0.3 is 33.9 Å². The largest absolute Gasteiger partial charge is 0.496 e. The predicted octanol–water partition coefficient (Wildman–Crippen LogP) is 4.28. The lowest BCUT2D eigenvalue weighted by molar-refractivity contribution is -0.179. The van der Waals surface area contributed by atoms with Crippen LogP contribution in [0, 0.1) is 23.2 Å². The average molecular weight is 763 g/mol. The van der Waals surface area contributed by atoms with Gasteiger partial charge in [0.05, 0.1) is 52.5 Å².